The summed E-state index contributed by atoms with van der Waals surface area (Å²) in [6.07, 6.45) is 1.75. The van der Waals surface area contributed by atoms with Crippen molar-refractivity contribution < 1.29 is 0 Å². The topological polar surface area (TPSA) is 42.1 Å². The molecular formula is C11H16BrN3S. The van der Waals surface area contributed by atoms with Gasteiger partial charge in [0.1, 0.15) is 5.82 Å². The highest BCUT2D eigenvalue weighted by Crippen LogP contribution is 2.32. The minimum atomic E-state index is 0.667. The number of nitrogens with zero attached hydrogens (tertiary/aromatic N) is 2. The molecule has 1 saturated heterocycles. The van der Waals surface area contributed by atoms with Gasteiger partial charge in [-0.05, 0) is 28.4 Å². The maximum absolute atomic E-state index is 5.83. The molecule has 0 bridgehead atoms. The van der Waals surface area contributed by atoms with E-state index in [1.165, 1.54) is 5.75 Å². The summed E-state index contributed by atoms with van der Waals surface area (Å²) in [6.45, 7) is 6.39. The molecule has 1 atom stereocenters. The van der Waals surface area contributed by atoms with Crippen LogP contribution in [0.1, 0.15) is 12.5 Å². The van der Waals surface area contributed by atoms with Crippen molar-refractivity contribution >= 4 is 39.2 Å². The molecule has 0 saturated carbocycles. The van der Waals surface area contributed by atoms with E-state index in [1.807, 2.05) is 18.7 Å². The molecule has 3 nitrogen and oxygen atoms in total. The third-order valence-electron chi connectivity index (χ3n) is 2.83. The Morgan fingerprint density at radius 2 is 2.38 bits per heavy atom. The van der Waals surface area contributed by atoms with Gasteiger partial charge < -0.3 is 10.6 Å². The third-order valence-corrected chi connectivity index (χ3v) is 4.91. The zero-order valence-corrected chi connectivity index (χ0v) is 11.9. The molecule has 1 aliphatic heterocycles. The highest BCUT2D eigenvalue weighted by Gasteiger charge is 2.20. The van der Waals surface area contributed by atoms with Gasteiger partial charge in [0.05, 0.1) is 16.4 Å². The molecule has 0 spiro atoms. The Morgan fingerprint density at radius 3 is 3.06 bits per heavy atom. The predicted molar refractivity (Wildman–Crippen MR) is 75.2 cm³/mol. The molecule has 0 aliphatic carbocycles. The lowest BCUT2D eigenvalue weighted by atomic mass is 10.2. The van der Waals surface area contributed by atoms with E-state index in [1.54, 1.807) is 6.20 Å². The highest BCUT2D eigenvalue weighted by atomic mass is 79.9. The monoisotopic (exact) mass is 301 g/mol. The lowest BCUT2D eigenvalue weighted by molar-refractivity contribution is 0.767. The van der Waals surface area contributed by atoms with E-state index in [0.29, 0.717) is 5.25 Å². The molecule has 2 rings (SSSR count). The second kappa shape index (κ2) is 4.84. The molecule has 1 unspecified atom stereocenters. The number of hydrogen-bond acceptors (Lipinski definition) is 4. The minimum Gasteiger partial charge on any atom is -0.397 e. The van der Waals surface area contributed by atoms with E-state index in [9.17, 15) is 0 Å². The first kappa shape index (κ1) is 12.0. The fraction of sp³-hybridized carbons (Fsp3) is 0.545. The van der Waals surface area contributed by atoms with Crippen LogP contribution in [0.25, 0.3) is 0 Å². The Balaban J connectivity index is 2.29. The molecule has 1 aromatic rings. The Kier molecular flexibility index (Phi) is 3.64. The summed E-state index contributed by atoms with van der Waals surface area (Å²) in [4.78, 5) is 6.77. The normalized spacial score (nSPS) is 21.2. The van der Waals surface area contributed by atoms with E-state index >= 15 is 0 Å². The molecule has 0 amide bonds. The molecule has 2 N–H and O–H groups in total. The summed E-state index contributed by atoms with van der Waals surface area (Å²) in [5.41, 5.74) is 7.66. The molecule has 88 valence electrons. The zero-order valence-electron chi connectivity index (χ0n) is 9.53. The SMILES string of the molecule is Cc1c(N)cnc(N2CCSC(C)C2)c1Br. The zero-order chi connectivity index (χ0) is 11.7. The summed E-state index contributed by atoms with van der Waals surface area (Å²) in [6, 6.07) is 0. The van der Waals surface area contributed by atoms with Crippen molar-refractivity contribution in [1.82, 2.24) is 4.98 Å². The number of aromatic nitrogens is 1. The van der Waals surface area contributed by atoms with Crippen molar-refractivity contribution in [2.24, 2.45) is 0 Å². The van der Waals surface area contributed by atoms with Crippen LogP contribution in [0.5, 0.6) is 0 Å². The molecule has 1 aliphatic rings. The molecule has 0 radical (unpaired) electrons. The summed E-state index contributed by atoms with van der Waals surface area (Å²) < 4.78 is 1.03. The van der Waals surface area contributed by atoms with Gasteiger partial charge in [-0.25, -0.2) is 4.98 Å². The number of pyridine rings is 1. The van der Waals surface area contributed by atoms with Gasteiger partial charge in [0, 0.05) is 24.1 Å². The van der Waals surface area contributed by atoms with Crippen LogP contribution in [0.2, 0.25) is 0 Å². The second-order valence-electron chi connectivity index (χ2n) is 4.10. The average Bonchev–Trinajstić information content (AvgIpc) is 2.26. The van der Waals surface area contributed by atoms with E-state index < -0.39 is 0 Å². The lowest BCUT2D eigenvalue weighted by Crippen LogP contribution is -2.37. The fourth-order valence-electron chi connectivity index (χ4n) is 1.81. The van der Waals surface area contributed by atoms with Gasteiger partial charge in [-0.1, -0.05) is 6.92 Å². The van der Waals surface area contributed by atoms with Crippen LogP contribution < -0.4 is 10.6 Å². The molecule has 16 heavy (non-hydrogen) atoms. The van der Waals surface area contributed by atoms with Crippen molar-refractivity contribution in [3.8, 4) is 0 Å². The summed E-state index contributed by atoms with van der Waals surface area (Å²) in [5.74, 6) is 2.19. The quantitative estimate of drug-likeness (QED) is 0.866. The number of hydrogen-bond donors (Lipinski definition) is 1. The molecule has 5 heteroatoms. The Labute approximate surface area is 109 Å². The number of nitrogen functional groups attached to an aromatic ring is 1. The van der Waals surface area contributed by atoms with Gasteiger partial charge in [0.2, 0.25) is 0 Å². The van der Waals surface area contributed by atoms with Crippen LogP contribution in [-0.2, 0) is 0 Å². The van der Waals surface area contributed by atoms with E-state index in [4.69, 9.17) is 5.73 Å². The average molecular weight is 302 g/mol. The number of thioether (sulfide) groups is 1. The Bertz CT molecular complexity index is 397. The van der Waals surface area contributed by atoms with E-state index in [-0.39, 0.29) is 0 Å². The molecule has 2 heterocycles. The number of nitrogens with two attached hydrogens (primary N) is 1. The van der Waals surface area contributed by atoms with Crippen molar-refractivity contribution in [3.05, 3.63) is 16.2 Å². The molecule has 1 aromatic heterocycles. The minimum absolute atomic E-state index is 0.667. The van der Waals surface area contributed by atoms with Crippen molar-refractivity contribution in [2.75, 3.05) is 29.5 Å². The van der Waals surface area contributed by atoms with Gasteiger partial charge in [-0.15, -0.1) is 0 Å². The first-order chi connectivity index (χ1) is 7.59. The van der Waals surface area contributed by atoms with E-state index in [0.717, 1.165) is 34.6 Å². The van der Waals surface area contributed by atoms with Gasteiger partial charge in [-0.3, -0.25) is 0 Å². The van der Waals surface area contributed by atoms with E-state index in [2.05, 4.69) is 32.7 Å². The van der Waals surface area contributed by atoms with Crippen LogP contribution in [-0.4, -0.2) is 29.1 Å². The van der Waals surface area contributed by atoms with Crippen LogP contribution in [0.4, 0.5) is 11.5 Å². The Hall–Kier alpha value is -0.420. The molecule has 0 aromatic carbocycles. The van der Waals surface area contributed by atoms with Gasteiger partial charge in [0.25, 0.3) is 0 Å². The summed E-state index contributed by atoms with van der Waals surface area (Å²) in [5, 5.41) is 0.667. The summed E-state index contributed by atoms with van der Waals surface area (Å²) >= 11 is 5.62. The highest BCUT2D eigenvalue weighted by molar-refractivity contribution is 9.10. The molecule has 1 fully saturated rings. The first-order valence-corrected chi connectivity index (χ1v) is 7.21. The van der Waals surface area contributed by atoms with Crippen LogP contribution in [0, 0.1) is 6.92 Å². The fourth-order valence-corrected chi connectivity index (χ4v) is 3.41. The number of rotatable bonds is 1. The van der Waals surface area contributed by atoms with Crippen LogP contribution in [0.15, 0.2) is 10.7 Å². The van der Waals surface area contributed by atoms with Gasteiger partial charge in [0.15, 0.2) is 0 Å². The third kappa shape index (κ3) is 2.30. The molecular weight excluding hydrogens is 286 g/mol. The van der Waals surface area contributed by atoms with Gasteiger partial charge >= 0.3 is 0 Å². The number of anilines is 2. The largest absolute Gasteiger partial charge is 0.397 e. The predicted octanol–water partition coefficient (Wildman–Crippen LogP) is 2.68. The van der Waals surface area contributed by atoms with Gasteiger partial charge in [-0.2, -0.15) is 11.8 Å². The lowest BCUT2D eigenvalue weighted by Gasteiger charge is -2.32. The smallest absolute Gasteiger partial charge is 0.143 e. The van der Waals surface area contributed by atoms with Crippen molar-refractivity contribution in [2.45, 2.75) is 19.1 Å². The van der Waals surface area contributed by atoms with Crippen molar-refractivity contribution in [3.63, 3.8) is 0 Å². The number of halogens is 1. The standard InChI is InChI=1S/C11H16BrN3S/c1-7-6-15(3-4-16-7)11-10(12)8(2)9(13)5-14-11/h5,7H,3-4,6,13H2,1-2H3. The van der Waals surface area contributed by atoms with Crippen molar-refractivity contribution in [1.29, 1.82) is 0 Å². The summed E-state index contributed by atoms with van der Waals surface area (Å²) in [7, 11) is 0. The van der Waals surface area contributed by atoms with Crippen LogP contribution >= 0.6 is 27.7 Å². The first-order valence-electron chi connectivity index (χ1n) is 5.36. The van der Waals surface area contributed by atoms with Crippen LogP contribution in [0.3, 0.4) is 0 Å². The maximum Gasteiger partial charge on any atom is 0.143 e. The second-order valence-corrected chi connectivity index (χ2v) is 6.44. The maximum atomic E-state index is 5.83. The Morgan fingerprint density at radius 1 is 1.62 bits per heavy atom.